The first kappa shape index (κ1) is 28.9. The van der Waals surface area contributed by atoms with Crippen LogP contribution in [0.1, 0.15) is 38.2 Å². The fraction of sp³-hybridized carbons (Fsp3) is 0.591. The van der Waals surface area contributed by atoms with Gasteiger partial charge in [-0.05, 0) is 12.8 Å². The van der Waals surface area contributed by atoms with Crippen molar-refractivity contribution in [2.75, 3.05) is 18.0 Å². The van der Waals surface area contributed by atoms with Crippen molar-refractivity contribution in [3.8, 4) is 0 Å². The summed E-state index contributed by atoms with van der Waals surface area (Å²) in [5, 5.41) is 26.8. The minimum atomic E-state index is -1.39. The van der Waals surface area contributed by atoms with Crippen molar-refractivity contribution in [2.45, 2.75) is 51.1 Å². The van der Waals surface area contributed by atoms with Crippen molar-refractivity contribution < 1.29 is 58.9 Å². The molecule has 14 heteroatoms. The van der Waals surface area contributed by atoms with Crippen LogP contribution in [-0.2, 0) is 14.4 Å². The third-order valence-electron chi connectivity index (χ3n) is 6.70. The van der Waals surface area contributed by atoms with E-state index in [1.54, 1.807) is 26.2 Å². The Morgan fingerprint density at radius 2 is 1.94 bits per heavy atom. The summed E-state index contributed by atoms with van der Waals surface area (Å²) in [5.74, 6) is -3.83. The van der Waals surface area contributed by atoms with Gasteiger partial charge < -0.3 is 35.9 Å². The molecule has 36 heavy (non-hydrogen) atoms. The van der Waals surface area contributed by atoms with Crippen molar-refractivity contribution in [1.29, 1.82) is 0 Å². The number of nitrogens with one attached hydrogen (secondary N) is 1. The fourth-order valence-corrected chi connectivity index (χ4v) is 7.15. The third-order valence-corrected chi connectivity index (χ3v) is 9.05. The zero-order valence-corrected chi connectivity index (χ0v) is 24.4. The Labute approximate surface area is 239 Å². The number of carbonyl (C=O) groups is 4. The number of fused-ring (bicyclic) bond motifs is 1. The van der Waals surface area contributed by atoms with E-state index in [2.05, 4.69) is 10.3 Å². The Balaban J connectivity index is 0.00000361. The minimum absolute atomic E-state index is 0. The number of anilines is 1. The third kappa shape index (κ3) is 5.05. The van der Waals surface area contributed by atoms with Crippen molar-refractivity contribution in [2.24, 2.45) is 23.5 Å². The number of carbonyl (C=O) groups excluding carboxylic acids is 4. The van der Waals surface area contributed by atoms with Crippen LogP contribution in [0.2, 0.25) is 0 Å². The van der Waals surface area contributed by atoms with Gasteiger partial charge in [-0.3, -0.25) is 14.4 Å². The van der Waals surface area contributed by atoms with Crippen molar-refractivity contribution in [3.05, 3.63) is 21.7 Å². The molecule has 4 rings (SSSR count). The Morgan fingerprint density at radius 3 is 2.47 bits per heavy atom. The summed E-state index contributed by atoms with van der Waals surface area (Å²) in [6.45, 7) is 8.16. The van der Waals surface area contributed by atoms with Gasteiger partial charge in [0.15, 0.2) is 5.13 Å². The molecule has 0 bridgehead atoms. The van der Waals surface area contributed by atoms with Gasteiger partial charge in [0.1, 0.15) is 11.7 Å². The monoisotopic (exact) mass is 545 g/mol. The number of carboxylic acids is 1. The second kappa shape index (κ2) is 11.0. The van der Waals surface area contributed by atoms with Crippen LogP contribution < -0.4 is 50.6 Å². The Kier molecular flexibility index (Phi) is 8.84. The Morgan fingerprint density at radius 1 is 1.31 bits per heavy atom. The van der Waals surface area contributed by atoms with E-state index in [0.29, 0.717) is 23.1 Å². The Hall–Kier alpha value is -1.64. The van der Waals surface area contributed by atoms with E-state index in [0.717, 1.165) is 0 Å². The molecule has 2 fully saturated rings. The van der Waals surface area contributed by atoms with E-state index in [9.17, 15) is 29.4 Å². The summed E-state index contributed by atoms with van der Waals surface area (Å²) < 4.78 is 0. The average Bonchev–Trinajstić information content (AvgIpc) is 3.29. The van der Waals surface area contributed by atoms with E-state index in [1.807, 2.05) is 11.8 Å². The molecule has 4 N–H and O–H groups in total. The number of aliphatic hydroxyl groups is 1. The first-order chi connectivity index (χ1) is 16.4. The zero-order chi connectivity index (χ0) is 25.8. The molecule has 3 amide bonds. The van der Waals surface area contributed by atoms with Crippen LogP contribution in [0, 0.1) is 17.8 Å². The van der Waals surface area contributed by atoms with Crippen molar-refractivity contribution in [3.63, 3.8) is 0 Å². The van der Waals surface area contributed by atoms with Gasteiger partial charge in [0, 0.05) is 34.5 Å². The molecule has 0 spiro atoms. The number of carboxylic acid groups (broad SMARTS) is 1. The quantitative estimate of drug-likeness (QED) is 0.208. The molecule has 3 aliphatic rings. The summed E-state index contributed by atoms with van der Waals surface area (Å²) in [6.07, 6.45) is -0.854. The van der Waals surface area contributed by atoms with Gasteiger partial charge in [-0.15, -0.1) is 23.1 Å². The number of primary amides is 1. The molecule has 2 saturated heterocycles. The maximum absolute atomic E-state index is 12.5. The van der Waals surface area contributed by atoms with Crippen LogP contribution in [-0.4, -0.2) is 75.2 Å². The fourth-order valence-electron chi connectivity index (χ4n) is 4.81. The second-order valence-corrected chi connectivity index (χ2v) is 11.7. The second-order valence-electron chi connectivity index (χ2n) is 9.51. The number of β-lactam (4-membered cyclic amide) rings is 1. The summed E-state index contributed by atoms with van der Waals surface area (Å²) in [6, 6.07) is -1.16. The molecular weight excluding hydrogens is 517 g/mol. The predicted octanol–water partition coefficient (Wildman–Crippen LogP) is -3.87. The number of hydrogen-bond acceptors (Lipinski definition) is 10. The van der Waals surface area contributed by atoms with Gasteiger partial charge in [-0.1, -0.05) is 20.8 Å². The topological polar surface area (TPSA) is 169 Å². The summed E-state index contributed by atoms with van der Waals surface area (Å²) >= 11 is 2.72. The van der Waals surface area contributed by atoms with E-state index < -0.39 is 35.8 Å². The van der Waals surface area contributed by atoms with Crippen LogP contribution in [0.25, 0.3) is 0 Å². The van der Waals surface area contributed by atoms with Gasteiger partial charge in [0.2, 0.25) is 11.8 Å². The number of nitrogens with zero attached hydrogens (tertiary/aromatic N) is 3. The van der Waals surface area contributed by atoms with Crippen LogP contribution >= 0.6 is 23.1 Å². The van der Waals surface area contributed by atoms with E-state index in [1.165, 1.54) is 28.0 Å². The number of aromatic nitrogens is 1. The molecule has 4 heterocycles. The van der Waals surface area contributed by atoms with Crippen LogP contribution in [0.5, 0.6) is 0 Å². The average molecular weight is 546 g/mol. The van der Waals surface area contributed by atoms with Crippen molar-refractivity contribution in [1.82, 2.24) is 15.2 Å². The van der Waals surface area contributed by atoms with E-state index in [-0.39, 0.29) is 70.0 Å². The summed E-state index contributed by atoms with van der Waals surface area (Å²) in [5.41, 5.74) is 5.47. The maximum Gasteiger partial charge on any atom is 1.00 e. The summed E-state index contributed by atoms with van der Waals surface area (Å²) in [4.78, 5) is 56.6. The van der Waals surface area contributed by atoms with Crippen LogP contribution in [0.4, 0.5) is 5.13 Å². The maximum atomic E-state index is 12.5. The van der Waals surface area contributed by atoms with Crippen LogP contribution in [0.3, 0.4) is 0 Å². The molecule has 11 nitrogen and oxygen atoms in total. The number of amides is 3. The molecular formula is C22H28N5NaO6S2. The minimum Gasteiger partial charge on any atom is -0.543 e. The molecule has 3 aliphatic heterocycles. The van der Waals surface area contributed by atoms with Gasteiger partial charge in [-0.25, -0.2) is 4.98 Å². The normalized spacial score (nSPS) is 25.1. The van der Waals surface area contributed by atoms with E-state index >= 15 is 0 Å². The number of thioether (sulfide) groups is 1. The number of aliphatic carboxylic acids is 1. The van der Waals surface area contributed by atoms with Gasteiger partial charge in [0.25, 0.3) is 5.91 Å². The molecule has 5 atom stereocenters. The van der Waals surface area contributed by atoms with Crippen molar-refractivity contribution >= 4 is 51.9 Å². The number of thiazole rings is 1. The van der Waals surface area contributed by atoms with Crippen LogP contribution in [0.15, 0.2) is 16.0 Å². The van der Waals surface area contributed by atoms with Gasteiger partial charge in [-0.2, -0.15) is 0 Å². The first-order valence-electron chi connectivity index (χ1n) is 11.4. The molecule has 0 aromatic carbocycles. The molecule has 0 unspecified atom stereocenters. The standard InChI is InChI=1S/C22H29N5O6S2.Na/c1-8(2)14(18(23)29)25-19(30)12-7-34-22(24-12)26-5-11(6-26)35-17-9(3)15-13(10(4)28)20(31)27(15)16(17)21(32)33;/h7-11,13-15,28H,5-6H2,1-4H3,(H2,23,29)(H,25,30)(H,32,33);/q;+1/p-1/t9-,10-,13-,14+,15-;/m1./s1. The predicted molar refractivity (Wildman–Crippen MR) is 128 cm³/mol. The smallest absolute Gasteiger partial charge is 0.543 e. The van der Waals surface area contributed by atoms with Gasteiger partial charge >= 0.3 is 29.6 Å². The largest absolute Gasteiger partial charge is 1.00 e. The summed E-state index contributed by atoms with van der Waals surface area (Å²) in [7, 11) is 0. The molecule has 1 aromatic rings. The molecule has 0 saturated carbocycles. The number of nitrogens with two attached hydrogens (primary N) is 1. The number of hydrogen-bond donors (Lipinski definition) is 3. The number of rotatable bonds is 9. The van der Waals surface area contributed by atoms with E-state index in [4.69, 9.17) is 5.73 Å². The molecule has 1 aromatic heterocycles. The Bertz CT molecular complexity index is 1100. The molecule has 0 radical (unpaired) electrons. The molecule has 0 aliphatic carbocycles. The molecule has 190 valence electrons. The first-order valence-corrected chi connectivity index (χ1v) is 13.1. The number of aliphatic hydroxyl groups excluding tert-OH is 1. The zero-order valence-electron chi connectivity index (χ0n) is 20.8. The SMILES string of the molecule is CC(C)[C@H](NC(=O)c1csc(N2CC(SC3=C(C(=O)[O-])N4C(=O)[C@H]([C@@H](C)O)[C@H]4[C@H]3C)C2)n1)C(N)=O.[Na+]. The van der Waals surface area contributed by atoms with Gasteiger partial charge in [0.05, 0.1) is 29.7 Å².